The molecule has 0 heterocycles. The lowest BCUT2D eigenvalue weighted by Crippen LogP contribution is -2.16. The molecule has 0 aliphatic heterocycles. The van der Waals surface area contributed by atoms with Crippen LogP contribution >= 0.6 is 0 Å². The molecular formula is C13H9FO3. The highest BCUT2D eigenvalue weighted by Crippen LogP contribution is 2.24. The van der Waals surface area contributed by atoms with Crippen LogP contribution in [0.2, 0.25) is 0 Å². The highest BCUT2D eigenvalue weighted by atomic mass is 19.1. The Labute approximate surface area is 96.9 Å². The molecule has 0 saturated heterocycles. The monoisotopic (exact) mass is 232 g/mol. The average molecular weight is 232 g/mol. The van der Waals surface area contributed by atoms with Crippen LogP contribution in [0.25, 0.3) is 5.57 Å². The molecular weight excluding hydrogens is 223 g/mol. The summed E-state index contributed by atoms with van der Waals surface area (Å²) in [7, 11) is 0. The van der Waals surface area contributed by atoms with E-state index in [1.54, 1.807) is 6.08 Å². The highest BCUT2D eigenvalue weighted by Gasteiger charge is 2.24. The maximum atomic E-state index is 12.7. The molecule has 0 unspecified atom stereocenters. The van der Waals surface area contributed by atoms with Crippen molar-refractivity contribution in [1.29, 1.82) is 0 Å². The van der Waals surface area contributed by atoms with Crippen molar-refractivity contribution in [2.75, 3.05) is 0 Å². The number of carboxylic acid groups (broad SMARTS) is 1. The number of halogens is 1. The molecule has 0 saturated carbocycles. The van der Waals surface area contributed by atoms with Gasteiger partial charge in [0.05, 0.1) is 0 Å². The SMILES string of the molecule is O=C(O)C1=CCC=C(c2ccc(F)cc2)C1=O. The molecule has 0 aromatic heterocycles. The van der Waals surface area contributed by atoms with E-state index in [4.69, 9.17) is 5.11 Å². The Bertz CT molecular complexity index is 538. The van der Waals surface area contributed by atoms with Gasteiger partial charge in [0.15, 0.2) is 5.78 Å². The van der Waals surface area contributed by atoms with Crippen LogP contribution in [0.15, 0.2) is 42.0 Å². The normalized spacial score (nSPS) is 15.2. The summed E-state index contributed by atoms with van der Waals surface area (Å²) in [5, 5.41) is 8.84. The number of hydrogen-bond acceptors (Lipinski definition) is 2. The van der Waals surface area contributed by atoms with E-state index in [2.05, 4.69) is 0 Å². The first-order chi connectivity index (χ1) is 8.09. The van der Waals surface area contributed by atoms with Crippen LogP contribution in [0, 0.1) is 5.82 Å². The summed E-state index contributed by atoms with van der Waals surface area (Å²) in [6.45, 7) is 0. The molecule has 1 N–H and O–H groups in total. The fourth-order valence-electron chi connectivity index (χ4n) is 1.69. The topological polar surface area (TPSA) is 54.4 Å². The van der Waals surface area contributed by atoms with Crippen molar-refractivity contribution < 1.29 is 19.1 Å². The number of rotatable bonds is 2. The van der Waals surface area contributed by atoms with Gasteiger partial charge < -0.3 is 5.11 Å². The Kier molecular flexibility index (Phi) is 2.87. The van der Waals surface area contributed by atoms with Gasteiger partial charge in [-0.05, 0) is 24.1 Å². The first kappa shape index (κ1) is 11.3. The fraction of sp³-hybridized carbons (Fsp3) is 0.0769. The van der Waals surface area contributed by atoms with E-state index in [0.29, 0.717) is 17.6 Å². The van der Waals surface area contributed by atoms with Gasteiger partial charge in [-0.1, -0.05) is 24.3 Å². The number of hydrogen-bond donors (Lipinski definition) is 1. The van der Waals surface area contributed by atoms with E-state index in [-0.39, 0.29) is 5.57 Å². The molecule has 86 valence electrons. The van der Waals surface area contributed by atoms with Crippen LogP contribution < -0.4 is 0 Å². The number of ketones is 1. The summed E-state index contributed by atoms with van der Waals surface area (Å²) in [5.41, 5.74) is 0.611. The number of aliphatic carboxylic acids is 1. The van der Waals surface area contributed by atoms with Gasteiger partial charge in [0, 0.05) is 5.57 Å². The van der Waals surface area contributed by atoms with Crippen LogP contribution in [-0.2, 0) is 9.59 Å². The summed E-state index contributed by atoms with van der Waals surface area (Å²) in [6.07, 6.45) is 3.40. The third-order valence-corrected chi connectivity index (χ3v) is 2.52. The molecule has 0 radical (unpaired) electrons. The van der Waals surface area contributed by atoms with Gasteiger partial charge in [0.25, 0.3) is 0 Å². The molecule has 1 aliphatic carbocycles. The zero-order valence-corrected chi connectivity index (χ0v) is 8.81. The highest BCUT2D eigenvalue weighted by molar-refractivity contribution is 6.37. The first-order valence-corrected chi connectivity index (χ1v) is 5.04. The van der Waals surface area contributed by atoms with Gasteiger partial charge in [-0.3, -0.25) is 4.79 Å². The molecule has 0 amide bonds. The number of benzene rings is 1. The summed E-state index contributed by atoms with van der Waals surface area (Å²) in [4.78, 5) is 22.7. The quantitative estimate of drug-likeness (QED) is 0.795. The molecule has 0 atom stereocenters. The van der Waals surface area contributed by atoms with E-state index < -0.39 is 17.6 Å². The van der Waals surface area contributed by atoms with Gasteiger partial charge >= 0.3 is 5.97 Å². The Morgan fingerprint density at radius 1 is 1.18 bits per heavy atom. The minimum Gasteiger partial charge on any atom is -0.478 e. The molecule has 4 heteroatoms. The van der Waals surface area contributed by atoms with Crippen molar-refractivity contribution >= 4 is 17.3 Å². The minimum absolute atomic E-state index is 0.230. The molecule has 1 aromatic rings. The molecule has 0 bridgehead atoms. The predicted octanol–water partition coefficient (Wildman–Crippen LogP) is 2.19. The van der Waals surface area contributed by atoms with Crippen LogP contribution in [0.5, 0.6) is 0 Å². The number of carbonyl (C=O) groups excluding carboxylic acids is 1. The maximum absolute atomic E-state index is 12.7. The van der Waals surface area contributed by atoms with Crippen molar-refractivity contribution in [2.45, 2.75) is 6.42 Å². The van der Waals surface area contributed by atoms with Gasteiger partial charge in [-0.2, -0.15) is 0 Å². The Hall–Kier alpha value is -2.23. The summed E-state index contributed by atoms with van der Waals surface area (Å²) in [6, 6.07) is 5.40. The summed E-state index contributed by atoms with van der Waals surface area (Å²) in [5.74, 6) is -2.16. The van der Waals surface area contributed by atoms with E-state index in [1.807, 2.05) is 0 Å². The zero-order chi connectivity index (χ0) is 12.4. The Morgan fingerprint density at radius 2 is 1.82 bits per heavy atom. The summed E-state index contributed by atoms with van der Waals surface area (Å²) < 4.78 is 12.7. The largest absolute Gasteiger partial charge is 0.478 e. The van der Waals surface area contributed by atoms with Crippen molar-refractivity contribution in [3.63, 3.8) is 0 Å². The first-order valence-electron chi connectivity index (χ1n) is 5.04. The van der Waals surface area contributed by atoms with Crippen LogP contribution in [0.3, 0.4) is 0 Å². The molecule has 17 heavy (non-hydrogen) atoms. The van der Waals surface area contributed by atoms with Crippen molar-refractivity contribution in [3.05, 3.63) is 53.4 Å². The van der Waals surface area contributed by atoms with Gasteiger partial charge in [-0.15, -0.1) is 0 Å². The van der Waals surface area contributed by atoms with Gasteiger partial charge in [0.1, 0.15) is 11.4 Å². The second-order valence-electron chi connectivity index (χ2n) is 3.61. The van der Waals surface area contributed by atoms with Crippen molar-refractivity contribution in [2.24, 2.45) is 0 Å². The lowest BCUT2D eigenvalue weighted by Gasteiger charge is -2.11. The minimum atomic E-state index is -1.23. The van der Waals surface area contributed by atoms with Gasteiger partial charge in [-0.25, -0.2) is 9.18 Å². The van der Waals surface area contributed by atoms with Crippen molar-refractivity contribution in [3.8, 4) is 0 Å². The van der Waals surface area contributed by atoms with Crippen molar-refractivity contribution in [1.82, 2.24) is 0 Å². The van der Waals surface area contributed by atoms with Crippen LogP contribution in [0.4, 0.5) is 4.39 Å². The number of allylic oxidation sites excluding steroid dienone is 3. The van der Waals surface area contributed by atoms with E-state index >= 15 is 0 Å². The van der Waals surface area contributed by atoms with E-state index in [9.17, 15) is 14.0 Å². The third kappa shape index (κ3) is 2.15. The van der Waals surface area contributed by atoms with Crippen LogP contribution in [0.1, 0.15) is 12.0 Å². The molecule has 1 aliphatic rings. The second-order valence-corrected chi connectivity index (χ2v) is 3.61. The van der Waals surface area contributed by atoms with Crippen LogP contribution in [-0.4, -0.2) is 16.9 Å². The molecule has 3 nitrogen and oxygen atoms in total. The Balaban J connectivity index is 2.35. The summed E-state index contributed by atoms with van der Waals surface area (Å²) >= 11 is 0. The molecule has 2 rings (SSSR count). The van der Waals surface area contributed by atoms with Gasteiger partial charge in [0.2, 0.25) is 0 Å². The lowest BCUT2D eigenvalue weighted by molar-refractivity contribution is -0.134. The fourth-order valence-corrected chi connectivity index (χ4v) is 1.69. The number of carbonyl (C=O) groups is 2. The second kappa shape index (κ2) is 4.33. The standard InChI is InChI=1S/C13H9FO3/c14-9-6-4-8(5-7-9)10-2-1-3-11(12(10)15)13(16)17/h2-7H,1H2,(H,16,17). The molecule has 0 fully saturated rings. The maximum Gasteiger partial charge on any atom is 0.339 e. The molecule has 1 aromatic carbocycles. The number of Topliss-reactive ketones (excluding diaryl/α,β-unsaturated/α-hetero) is 1. The van der Waals surface area contributed by atoms with E-state index in [0.717, 1.165) is 0 Å². The lowest BCUT2D eigenvalue weighted by atomic mass is 9.91. The average Bonchev–Trinajstić information content (AvgIpc) is 2.30. The number of carboxylic acids is 1. The molecule has 0 spiro atoms. The van der Waals surface area contributed by atoms with E-state index in [1.165, 1.54) is 30.3 Å². The third-order valence-electron chi connectivity index (χ3n) is 2.52. The predicted molar refractivity (Wildman–Crippen MR) is 59.7 cm³/mol. The zero-order valence-electron chi connectivity index (χ0n) is 8.81. The smallest absolute Gasteiger partial charge is 0.339 e. The Morgan fingerprint density at radius 3 is 2.41 bits per heavy atom.